The van der Waals surface area contributed by atoms with Crippen LogP contribution in [0.3, 0.4) is 0 Å². The maximum Gasteiger partial charge on any atom is 0.123 e. The molecule has 1 aromatic carbocycles. The molecule has 0 saturated carbocycles. The van der Waals surface area contributed by atoms with Crippen LogP contribution in [0.5, 0.6) is 5.75 Å². The zero-order valence-electron chi connectivity index (χ0n) is 34.7. The molecule has 2 saturated heterocycles. The summed E-state index contributed by atoms with van der Waals surface area (Å²) in [6.45, 7) is 33.4. The molecule has 7 heteroatoms. The van der Waals surface area contributed by atoms with E-state index in [2.05, 4.69) is 140 Å². The summed E-state index contributed by atoms with van der Waals surface area (Å²) in [5.41, 5.74) is 0.982. The zero-order chi connectivity index (χ0) is 37.8. The third-order valence-corrected chi connectivity index (χ3v) is 13.2. The van der Waals surface area contributed by atoms with Gasteiger partial charge in [-0.3, -0.25) is 20.3 Å². The largest absolute Gasteiger partial charge is 0.507 e. The van der Waals surface area contributed by atoms with Gasteiger partial charge in [-0.05, 0) is 147 Å². The van der Waals surface area contributed by atoms with Crippen molar-refractivity contribution < 1.29 is 25.4 Å². The van der Waals surface area contributed by atoms with Gasteiger partial charge in [0.1, 0.15) is 18.0 Å². The second-order valence-corrected chi connectivity index (χ2v) is 20.8. The monoisotopic (exact) mass is 689 g/mol. The number of nitrogens with zero attached hydrogens (tertiary/aromatic N) is 2. The SMILES string of the molecule is CCCCC(Cc1cc(C(C)(C)C)c(O)c(C(C)(C)C)c1)(C(OO)C1CC(C)(C)N(C)C(C)(C)C1)C(OO)C1CC(C)(C)N(C)C(C)(C)C1. The number of unbranched alkanes of at least 4 members (excludes halogenated alkanes) is 1. The molecule has 0 aliphatic carbocycles. The average molecular weight is 689 g/mol. The number of hydrogen-bond donors (Lipinski definition) is 3. The third-order valence-electron chi connectivity index (χ3n) is 13.2. The van der Waals surface area contributed by atoms with Crippen molar-refractivity contribution in [1.82, 2.24) is 9.80 Å². The molecule has 2 aliphatic rings. The van der Waals surface area contributed by atoms with Crippen molar-refractivity contribution in [3.63, 3.8) is 0 Å². The number of hydrogen-bond acceptors (Lipinski definition) is 7. The van der Waals surface area contributed by atoms with E-state index >= 15 is 0 Å². The molecule has 1 aromatic rings. The van der Waals surface area contributed by atoms with Crippen molar-refractivity contribution >= 4 is 0 Å². The maximum absolute atomic E-state index is 11.7. The van der Waals surface area contributed by atoms with Gasteiger partial charge in [0, 0.05) is 27.6 Å². The molecule has 2 unspecified atom stereocenters. The number of benzene rings is 1. The Bertz CT molecular complexity index is 1150. The number of likely N-dealkylation sites (tertiary alicyclic amines) is 2. The molecule has 2 aliphatic heterocycles. The summed E-state index contributed by atoms with van der Waals surface area (Å²) in [5.74, 6) is 0.369. The summed E-state index contributed by atoms with van der Waals surface area (Å²) in [4.78, 5) is 16.7. The zero-order valence-corrected chi connectivity index (χ0v) is 34.7. The van der Waals surface area contributed by atoms with Gasteiger partial charge in [-0.1, -0.05) is 73.4 Å². The minimum absolute atomic E-state index is 0.00859. The number of phenols is 1. The molecule has 7 nitrogen and oxygen atoms in total. The van der Waals surface area contributed by atoms with Crippen molar-refractivity contribution in [3.8, 4) is 5.75 Å². The van der Waals surface area contributed by atoms with Gasteiger partial charge in [0.25, 0.3) is 0 Å². The minimum atomic E-state index is -0.778. The Balaban J connectivity index is 2.41. The highest BCUT2D eigenvalue weighted by atomic mass is 17.1. The van der Waals surface area contributed by atoms with Crippen LogP contribution in [-0.4, -0.2) is 73.9 Å². The van der Waals surface area contributed by atoms with E-state index in [1.165, 1.54) is 0 Å². The Morgan fingerprint density at radius 1 is 0.694 bits per heavy atom. The topological polar surface area (TPSA) is 85.6 Å². The highest BCUT2D eigenvalue weighted by molar-refractivity contribution is 5.50. The fourth-order valence-corrected chi connectivity index (χ4v) is 10.2. The highest BCUT2D eigenvalue weighted by Gasteiger charge is 2.59. The normalized spacial score (nSPS) is 24.8. The average Bonchev–Trinajstić information content (AvgIpc) is 2.93. The van der Waals surface area contributed by atoms with Gasteiger partial charge < -0.3 is 5.11 Å². The number of phenolic OH excluding ortho intramolecular Hbond substituents is 1. The highest BCUT2D eigenvalue weighted by Crippen LogP contribution is 2.55. The fourth-order valence-electron chi connectivity index (χ4n) is 10.2. The Hall–Kier alpha value is -1.22. The van der Waals surface area contributed by atoms with Crippen LogP contribution in [-0.2, 0) is 27.0 Å². The molecule has 0 bridgehead atoms. The minimum Gasteiger partial charge on any atom is -0.507 e. The summed E-state index contributed by atoms with van der Waals surface area (Å²) in [5, 5.41) is 34.3. The predicted octanol–water partition coefficient (Wildman–Crippen LogP) is 10.2. The molecule has 2 heterocycles. The van der Waals surface area contributed by atoms with Gasteiger partial charge in [0.2, 0.25) is 0 Å². The number of piperidine rings is 2. The van der Waals surface area contributed by atoms with Crippen molar-refractivity contribution in [2.75, 3.05) is 14.1 Å². The molecule has 0 radical (unpaired) electrons. The van der Waals surface area contributed by atoms with Gasteiger partial charge in [0.15, 0.2) is 0 Å². The van der Waals surface area contributed by atoms with E-state index in [4.69, 9.17) is 9.78 Å². The van der Waals surface area contributed by atoms with Crippen LogP contribution in [0.15, 0.2) is 12.1 Å². The predicted molar refractivity (Wildman–Crippen MR) is 203 cm³/mol. The van der Waals surface area contributed by atoms with Crippen LogP contribution < -0.4 is 0 Å². The second kappa shape index (κ2) is 14.3. The summed E-state index contributed by atoms with van der Waals surface area (Å²) in [6.07, 6.45) is 5.27. The first kappa shape index (κ1) is 42.2. The summed E-state index contributed by atoms with van der Waals surface area (Å²) >= 11 is 0. The molecule has 3 N–H and O–H groups in total. The molecule has 2 fully saturated rings. The third kappa shape index (κ3) is 8.54. The van der Waals surface area contributed by atoms with Gasteiger partial charge in [0.05, 0.1) is 0 Å². The molecular weight excluding hydrogens is 612 g/mol. The Kier molecular flexibility index (Phi) is 12.3. The molecule has 284 valence electrons. The lowest BCUT2D eigenvalue weighted by atomic mass is 9.57. The van der Waals surface area contributed by atoms with E-state index in [1.807, 2.05) is 0 Å². The summed E-state index contributed by atoms with van der Waals surface area (Å²) in [7, 11) is 4.41. The summed E-state index contributed by atoms with van der Waals surface area (Å²) < 4.78 is 0. The van der Waals surface area contributed by atoms with Crippen LogP contribution in [0.1, 0.15) is 165 Å². The van der Waals surface area contributed by atoms with Crippen molar-refractivity contribution in [1.29, 1.82) is 0 Å². The lowest BCUT2D eigenvalue weighted by Crippen LogP contribution is -2.65. The summed E-state index contributed by atoms with van der Waals surface area (Å²) in [6, 6.07) is 4.33. The van der Waals surface area contributed by atoms with E-state index in [0.717, 1.165) is 61.6 Å². The lowest BCUT2D eigenvalue weighted by molar-refractivity contribution is -0.377. The number of aromatic hydroxyl groups is 1. The molecule has 0 aromatic heterocycles. The van der Waals surface area contributed by atoms with Crippen molar-refractivity contribution in [2.45, 2.75) is 200 Å². The van der Waals surface area contributed by atoms with E-state index < -0.39 is 17.6 Å². The molecule has 0 amide bonds. The molecule has 3 rings (SSSR count). The number of rotatable bonds is 11. The van der Waals surface area contributed by atoms with Crippen LogP contribution in [0.2, 0.25) is 0 Å². The Morgan fingerprint density at radius 3 is 1.29 bits per heavy atom. The molecule has 2 atom stereocenters. The van der Waals surface area contributed by atoms with Gasteiger partial charge in [-0.25, -0.2) is 9.78 Å². The van der Waals surface area contributed by atoms with E-state index in [0.29, 0.717) is 12.2 Å². The van der Waals surface area contributed by atoms with E-state index in [1.54, 1.807) is 0 Å². The molecule has 49 heavy (non-hydrogen) atoms. The van der Waals surface area contributed by atoms with Crippen LogP contribution in [0, 0.1) is 17.3 Å². The van der Waals surface area contributed by atoms with Gasteiger partial charge in [-0.2, -0.15) is 0 Å². The first-order valence-electron chi connectivity index (χ1n) is 19.1. The molecule has 0 spiro atoms. The van der Waals surface area contributed by atoms with Crippen LogP contribution in [0.25, 0.3) is 0 Å². The van der Waals surface area contributed by atoms with E-state index in [-0.39, 0.29) is 44.8 Å². The quantitative estimate of drug-likeness (QED) is 0.158. The maximum atomic E-state index is 11.7. The first-order valence-corrected chi connectivity index (χ1v) is 19.1. The van der Waals surface area contributed by atoms with Gasteiger partial charge >= 0.3 is 0 Å². The fraction of sp³-hybridized carbons (Fsp3) is 0.857. The van der Waals surface area contributed by atoms with E-state index in [9.17, 15) is 15.6 Å². The van der Waals surface area contributed by atoms with Crippen LogP contribution >= 0.6 is 0 Å². The lowest BCUT2D eigenvalue weighted by Gasteiger charge is -2.59. The first-order chi connectivity index (χ1) is 22.1. The Labute approximate surface area is 301 Å². The standard InChI is InChI=1S/C42H76N2O5/c1-18-19-20-42(34(48-46)29-24-38(8,9)43(16)39(10,11)25-29,35(49-47)30-26-40(12,13)44(17)41(14,15)27-30)23-28-21-31(36(2,3)4)33(45)32(22-28)37(5,6)7/h21-22,29-30,34-35,45-47H,18-20,23-27H2,1-17H3. The Morgan fingerprint density at radius 2 is 1.02 bits per heavy atom. The smallest absolute Gasteiger partial charge is 0.123 e. The van der Waals surface area contributed by atoms with Crippen molar-refractivity contribution in [3.05, 3.63) is 28.8 Å². The molecular formula is C42H76N2O5. The second-order valence-electron chi connectivity index (χ2n) is 20.8. The van der Waals surface area contributed by atoms with Gasteiger partial charge in [-0.15, -0.1) is 0 Å². The van der Waals surface area contributed by atoms with Crippen molar-refractivity contribution in [2.24, 2.45) is 17.3 Å². The van der Waals surface area contributed by atoms with Crippen LogP contribution in [0.4, 0.5) is 0 Å².